The van der Waals surface area contributed by atoms with E-state index in [1.807, 2.05) is 31.2 Å². The van der Waals surface area contributed by atoms with Crippen molar-refractivity contribution < 1.29 is 18.3 Å². The van der Waals surface area contributed by atoms with Crippen molar-refractivity contribution in [1.82, 2.24) is 9.55 Å². The number of carbonyl (C=O) groups is 1. The molecule has 1 atom stereocenters. The quantitative estimate of drug-likeness (QED) is 0.278. The lowest BCUT2D eigenvalue weighted by Gasteiger charge is -2.23. The van der Waals surface area contributed by atoms with Gasteiger partial charge in [0.2, 0.25) is 5.91 Å². The van der Waals surface area contributed by atoms with E-state index in [4.69, 9.17) is 0 Å². The summed E-state index contributed by atoms with van der Waals surface area (Å²) in [5, 5.41) is 0.753. The summed E-state index contributed by atoms with van der Waals surface area (Å²) in [5.41, 5.74) is 2.67. The molecular weight excluding hydrogens is 472 g/mol. The van der Waals surface area contributed by atoms with Gasteiger partial charge < -0.3 is 9.64 Å². The van der Waals surface area contributed by atoms with E-state index in [1.54, 1.807) is 29.2 Å². The molecule has 0 fully saturated rings. The van der Waals surface area contributed by atoms with Crippen LogP contribution in [0.2, 0.25) is 0 Å². The van der Waals surface area contributed by atoms with Crippen LogP contribution in [-0.2, 0) is 11.2 Å². The third-order valence-electron chi connectivity index (χ3n) is 5.87. The molecule has 0 aliphatic carbocycles. The largest absolute Gasteiger partial charge is 0.435 e. The number of fused-ring (bicyclic) bond motifs is 2. The molecule has 1 amide bonds. The first kappa shape index (κ1) is 23.0. The highest BCUT2D eigenvalue weighted by atomic mass is 32.2. The molecule has 0 saturated heterocycles. The highest BCUT2D eigenvalue weighted by molar-refractivity contribution is 7.99. The van der Waals surface area contributed by atoms with Gasteiger partial charge in [-0.3, -0.25) is 14.2 Å². The molecule has 3 aromatic carbocycles. The zero-order chi connectivity index (χ0) is 24.5. The fraction of sp³-hybridized carbons (Fsp3) is 0.192. The molecule has 9 heteroatoms. The van der Waals surface area contributed by atoms with Crippen LogP contribution >= 0.6 is 11.8 Å². The fourth-order valence-corrected chi connectivity index (χ4v) is 5.23. The molecule has 1 aromatic heterocycles. The predicted octanol–water partition coefficient (Wildman–Crippen LogP) is 5.06. The number of alkyl halides is 2. The first-order valence-corrected chi connectivity index (χ1v) is 12.0. The Morgan fingerprint density at radius 2 is 1.80 bits per heavy atom. The van der Waals surface area contributed by atoms with Gasteiger partial charge in [-0.1, -0.05) is 42.1 Å². The van der Waals surface area contributed by atoms with Crippen molar-refractivity contribution >= 4 is 34.3 Å². The fourth-order valence-electron chi connectivity index (χ4n) is 4.35. The van der Waals surface area contributed by atoms with E-state index in [9.17, 15) is 18.4 Å². The lowest BCUT2D eigenvalue weighted by molar-refractivity contribution is -0.116. The number of carbonyl (C=O) groups excluding carboxylic acids is 1. The summed E-state index contributed by atoms with van der Waals surface area (Å²) >= 11 is 1.17. The molecule has 0 radical (unpaired) electrons. The highest BCUT2D eigenvalue weighted by Crippen LogP contribution is 2.33. The minimum atomic E-state index is -2.94. The summed E-state index contributed by atoms with van der Waals surface area (Å²) in [4.78, 5) is 33.1. The van der Waals surface area contributed by atoms with Gasteiger partial charge in [0, 0.05) is 11.7 Å². The third-order valence-corrected chi connectivity index (χ3v) is 6.79. The molecule has 178 valence electrons. The molecule has 6 nitrogen and oxygen atoms in total. The number of nitrogens with zero attached hydrogens (tertiary/aromatic N) is 3. The van der Waals surface area contributed by atoms with E-state index in [1.165, 1.54) is 40.6 Å². The molecule has 2 heterocycles. The number of rotatable bonds is 6. The Labute approximate surface area is 204 Å². The number of para-hydroxylation sites is 2. The molecule has 0 spiro atoms. The van der Waals surface area contributed by atoms with Crippen molar-refractivity contribution in [2.24, 2.45) is 0 Å². The maximum absolute atomic E-state index is 13.4. The normalized spacial score (nSPS) is 15.0. The summed E-state index contributed by atoms with van der Waals surface area (Å²) in [5.74, 6) is -0.0190. The summed E-state index contributed by atoms with van der Waals surface area (Å²) in [6.45, 7) is -0.934. The molecule has 0 N–H and O–H groups in total. The van der Waals surface area contributed by atoms with Crippen LogP contribution in [0, 0.1) is 0 Å². The average molecular weight is 494 g/mol. The van der Waals surface area contributed by atoms with Gasteiger partial charge in [0.25, 0.3) is 5.56 Å². The van der Waals surface area contributed by atoms with E-state index in [0.29, 0.717) is 21.7 Å². The van der Waals surface area contributed by atoms with Crippen LogP contribution in [0.25, 0.3) is 16.6 Å². The lowest BCUT2D eigenvalue weighted by Crippen LogP contribution is -2.37. The molecule has 5 rings (SSSR count). The second-order valence-corrected chi connectivity index (χ2v) is 9.10. The Morgan fingerprint density at radius 1 is 1.09 bits per heavy atom. The minimum absolute atomic E-state index is 0.0170. The Kier molecular flexibility index (Phi) is 6.25. The molecular formula is C26H21F2N3O3S. The van der Waals surface area contributed by atoms with Gasteiger partial charge in [-0.2, -0.15) is 8.78 Å². The molecule has 0 saturated carbocycles. The molecule has 1 unspecified atom stereocenters. The summed E-state index contributed by atoms with van der Waals surface area (Å²) in [7, 11) is 0. The van der Waals surface area contributed by atoms with Crippen LogP contribution in [-0.4, -0.2) is 33.9 Å². The Morgan fingerprint density at radius 3 is 2.57 bits per heavy atom. The number of halogens is 2. The number of ether oxygens (including phenoxy) is 1. The Bertz CT molecular complexity index is 1460. The standard InChI is InChI=1S/C26H21F2N3O3S/c1-16-14-17-6-2-5-9-22(17)30(16)23(32)15-35-26-29-21-8-4-3-7-20(21)24(33)31(26)18-10-12-19(13-11-18)34-25(27)28/h2-13,16,25H,14-15H2,1H3. The lowest BCUT2D eigenvalue weighted by atomic mass is 10.1. The topological polar surface area (TPSA) is 64.4 Å². The number of hydrogen-bond acceptors (Lipinski definition) is 5. The van der Waals surface area contributed by atoms with Gasteiger partial charge in [0.05, 0.1) is 22.3 Å². The second kappa shape index (κ2) is 9.50. The Hall–Kier alpha value is -3.72. The van der Waals surface area contributed by atoms with Crippen molar-refractivity contribution in [2.45, 2.75) is 31.2 Å². The number of amides is 1. The van der Waals surface area contributed by atoms with Crippen molar-refractivity contribution in [3.63, 3.8) is 0 Å². The van der Waals surface area contributed by atoms with Crippen LogP contribution in [0.3, 0.4) is 0 Å². The number of aromatic nitrogens is 2. The number of benzene rings is 3. The maximum Gasteiger partial charge on any atom is 0.387 e. The zero-order valence-corrected chi connectivity index (χ0v) is 19.5. The van der Waals surface area contributed by atoms with Gasteiger partial charge in [0.1, 0.15) is 5.75 Å². The maximum atomic E-state index is 13.4. The van der Waals surface area contributed by atoms with Crippen molar-refractivity contribution in [1.29, 1.82) is 0 Å². The van der Waals surface area contributed by atoms with Gasteiger partial charge in [-0.25, -0.2) is 4.98 Å². The number of thioether (sulfide) groups is 1. The van der Waals surface area contributed by atoms with Crippen LogP contribution in [0.4, 0.5) is 14.5 Å². The van der Waals surface area contributed by atoms with E-state index in [2.05, 4.69) is 9.72 Å². The molecule has 1 aliphatic rings. The van der Waals surface area contributed by atoms with E-state index >= 15 is 0 Å². The predicted molar refractivity (Wildman–Crippen MR) is 132 cm³/mol. The van der Waals surface area contributed by atoms with E-state index in [0.717, 1.165) is 17.7 Å². The summed E-state index contributed by atoms with van der Waals surface area (Å²) < 4.78 is 30.9. The Balaban J connectivity index is 1.49. The van der Waals surface area contributed by atoms with Gasteiger partial charge in [0.15, 0.2) is 5.16 Å². The molecule has 0 bridgehead atoms. The molecule has 35 heavy (non-hydrogen) atoms. The van der Waals surface area contributed by atoms with Gasteiger partial charge in [-0.15, -0.1) is 0 Å². The summed E-state index contributed by atoms with van der Waals surface area (Å²) in [6, 6.07) is 20.6. The third kappa shape index (κ3) is 4.51. The molecule has 1 aliphatic heterocycles. The monoisotopic (exact) mass is 493 g/mol. The van der Waals surface area contributed by atoms with Crippen molar-refractivity contribution in [3.8, 4) is 11.4 Å². The van der Waals surface area contributed by atoms with Crippen molar-refractivity contribution in [2.75, 3.05) is 10.7 Å². The van der Waals surface area contributed by atoms with Gasteiger partial charge >= 0.3 is 6.61 Å². The second-order valence-electron chi connectivity index (χ2n) is 8.16. The van der Waals surface area contributed by atoms with Crippen LogP contribution < -0.4 is 15.2 Å². The number of hydrogen-bond donors (Lipinski definition) is 0. The minimum Gasteiger partial charge on any atom is -0.435 e. The van der Waals surface area contributed by atoms with Crippen LogP contribution in [0.1, 0.15) is 12.5 Å². The average Bonchev–Trinajstić information content (AvgIpc) is 3.19. The summed E-state index contributed by atoms with van der Waals surface area (Å²) in [6.07, 6.45) is 0.790. The molecule has 4 aromatic rings. The first-order chi connectivity index (χ1) is 16.9. The van der Waals surface area contributed by atoms with Crippen LogP contribution in [0.15, 0.2) is 82.7 Å². The first-order valence-electron chi connectivity index (χ1n) is 11.0. The number of anilines is 1. The SMILES string of the molecule is CC1Cc2ccccc2N1C(=O)CSc1nc2ccccc2c(=O)n1-c1ccc(OC(F)F)cc1. The van der Waals surface area contributed by atoms with E-state index in [-0.39, 0.29) is 29.0 Å². The smallest absolute Gasteiger partial charge is 0.387 e. The van der Waals surface area contributed by atoms with Crippen molar-refractivity contribution in [3.05, 3.63) is 88.7 Å². The zero-order valence-electron chi connectivity index (χ0n) is 18.7. The van der Waals surface area contributed by atoms with E-state index < -0.39 is 6.61 Å². The van der Waals surface area contributed by atoms with Crippen LogP contribution in [0.5, 0.6) is 5.75 Å². The van der Waals surface area contributed by atoms with Gasteiger partial charge in [-0.05, 0) is 61.4 Å². The highest BCUT2D eigenvalue weighted by Gasteiger charge is 2.30.